The molecule has 0 aromatic heterocycles. The van der Waals surface area contributed by atoms with E-state index in [1.165, 1.54) is 16.7 Å². The van der Waals surface area contributed by atoms with Crippen LogP contribution in [-0.4, -0.2) is 30.9 Å². The molecular weight excluding hydrogens is 236 g/mol. The highest BCUT2D eigenvalue weighted by Gasteiger charge is 2.28. The summed E-state index contributed by atoms with van der Waals surface area (Å²) in [4.78, 5) is 14.0. The number of likely N-dealkylation sites (N-methyl/N-ethyl adjacent to an activating group) is 1. The van der Waals surface area contributed by atoms with Crippen LogP contribution in [-0.2, 0) is 11.2 Å². The predicted octanol–water partition coefficient (Wildman–Crippen LogP) is 2.29. The minimum Gasteiger partial charge on any atom is -0.345 e. The zero-order valence-electron chi connectivity index (χ0n) is 12.8. The number of hydrogen-bond acceptors (Lipinski definition) is 2. The summed E-state index contributed by atoms with van der Waals surface area (Å²) in [6.07, 6.45) is 0.885. The Balaban J connectivity index is 2.66. The number of carbonyl (C=O) groups is 1. The van der Waals surface area contributed by atoms with Crippen molar-refractivity contribution in [2.75, 3.05) is 20.1 Å². The van der Waals surface area contributed by atoms with Crippen LogP contribution in [0.15, 0.2) is 18.2 Å². The molecule has 3 nitrogen and oxygen atoms in total. The Kier molecular flexibility index (Phi) is 5.12. The van der Waals surface area contributed by atoms with Crippen molar-refractivity contribution >= 4 is 5.91 Å². The average Bonchev–Trinajstić information content (AvgIpc) is 2.38. The number of carbonyl (C=O) groups excluding carboxylic acids is 1. The first-order valence-corrected chi connectivity index (χ1v) is 6.79. The summed E-state index contributed by atoms with van der Waals surface area (Å²) in [5, 5.41) is 0. The van der Waals surface area contributed by atoms with Crippen molar-refractivity contribution in [3.05, 3.63) is 34.9 Å². The fourth-order valence-electron chi connectivity index (χ4n) is 2.06. The normalized spacial score (nSPS) is 11.5. The zero-order chi connectivity index (χ0) is 14.6. The fraction of sp³-hybridized carbons (Fsp3) is 0.562. The van der Waals surface area contributed by atoms with E-state index in [4.69, 9.17) is 5.73 Å². The summed E-state index contributed by atoms with van der Waals surface area (Å²) < 4.78 is 0. The Morgan fingerprint density at radius 3 is 2.53 bits per heavy atom. The molecule has 0 fully saturated rings. The minimum absolute atomic E-state index is 0.111. The van der Waals surface area contributed by atoms with Crippen LogP contribution in [0.25, 0.3) is 0 Å². The average molecular weight is 262 g/mol. The van der Waals surface area contributed by atoms with Gasteiger partial charge in [0.1, 0.15) is 0 Å². The fourth-order valence-corrected chi connectivity index (χ4v) is 2.06. The summed E-state index contributed by atoms with van der Waals surface area (Å²) in [7, 11) is 1.85. The van der Waals surface area contributed by atoms with Gasteiger partial charge < -0.3 is 10.6 Å². The van der Waals surface area contributed by atoms with Crippen LogP contribution >= 0.6 is 0 Å². The number of nitrogens with two attached hydrogens (primary N) is 1. The standard InChI is InChI=1S/C16H26N2O/c1-12-6-7-13(2)14(10-12)8-9-18(5)15(19)16(3,4)11-17/h6-7,10H,8-9,11,17H2,1-5H3. The highest BCUT2D eigenvalue weighted by Crippen LogP contribution is 2.17. The Bertz CT molecular complexity index is 452. The first-order valence-electron chi connectivity index (χ1n) is 6.79. The van der Waals surface area contributed by atoms with Gasteiger partial charge in [-0.25, -0.2) is 0 Å². The van der Waals surface area contributed by atoms with Crippen LogP contribution in [0.2, 0.25) is 0 Å². The van der Waals surface area contributed by atoms with Gasteiger partial charge in [-0.05, 0) is 45.2 Å². The van der Waals surface area contributed by atoms with E-state index in [-0.39, 0.29) is 5.91 Å². The van der Waals surface area contributed by atoms with E-state index in [0.29, 0.717) is 6.54 Å². The van der Waals surface area contributed by atoms with Crippen molar-refractivity contribution in [1.29, 1.82) is 0 Å². The summed E-state index contributed by atoms with van der Waals surface area (Å²) in [5.41, 5.74) is 9.03. The minimum atomic E-state index is -0.476. The summed E-state index contributed by atoms with van der Waals surface area (Å²) in [5.74, 6) is 0.111. The molecule has 2 N–H and O–H groups in total. The van der Waals surface area contributed by atoms with Crippen molar-refractivity contribution < 1.29 is 4.79 Å². The van der Waals surface area contributed by atoms with E-state index >= 15 is 0 Å². The van der Waals surface area contributed by atoms with Crippen LogP contribution in [0.5, 0.6) is 0 Å². The lowest BCUT2D eigenvalue weighted by atomic mass is 9.92. The van der Waals surface area contributed by atoms with E-state index in [1.54, 1.807) is 4.90 Å². The van der Waals surface area contributed by atoms with E-state index in [0.717, 1.165) is 13.0 Å². The van der Waals surface area contributed by atoms with E-state index in [9.17, 15) is 4.79 Å². The smallest absolute Gasteiger partial charge is 0.229 e. The number of amides is 1. The largest absolute Gasteiger partial charge is 0.345 e. The van der Waals surface area contributed by atoms with E-state index < -0.39 is 5.41 Å². The van der Waals surface area contributed by atoms with Crippen molar-refractivity contribution in [3.63, 3.8) is 0 Å². The van der Waals surface area contributed by atoms with Crippen LogP contribution in [0.1, 0.15) is 30.5 Å². The molecule has 1 aromatic rings. The summed E-state index contributed by atoms with van der Waals surface area (Å²) in [6, 6.07) is 6.45. The molecule has 0 spiro atoms. The van der Waals surface area contributed by atoms with Crippen LogP contribution in [0.4, 0.5) is 0 Å². The molecule has 0 saturated carbocycles. The maximum absolute atomic E-state index is 12.2. The molecular formula is C16H26N2O. The quantitative estimate of drug-likeness (QED) is 0.885. The number of nitrogens with zero attached hydrogens (tertiary/aromatic N) is 1. The van der Waals surface area contributed by atoms with Crippen LogP contribution < -0.4 is 5.73 Å². The molecule has 1 rings (SSSR count). The monoisotopic (exact) mass is 262 g/mol. The molecule has 0 bridgehead atoms. The second-order valence-corrected chi connectivity index (χ2v) is 5.99. The number of hydrogen-bond donors (Lipinski definition) is 1. The lowest BCUT2D eigenvalue weighted by Crippen LogP contribution is -2.43. The molecule has 19 heavy (non-hydrogen) atoms. The van der Waals surface area contributed by atoms with Crippen molar-refractivity contribution in [2.45, 2.75) is 34.1 Å². The molecule has 1 aromatic carbocycles. The van der Waals surface area contributed by atoms with Gasteiger partial charge in [-0.1, -0.05) is 23.8 Å². The Morgan fingerprint density at radius 2 is 1.95 bits per heavy atom. The molecule has 0 radical (unpaired) electrons. The highest BCUT2D eigenvalue weighted by molar-refractivity contribution is 5.81. The molecule has 0 unspecified atom stereocenters. The van der Waals surface area contributed by atoms with Crippen LogP contribution in [0, 0.1) is 19.3 Å². The van der Waals surface area contributed by atoms with Crippen molar-refractivity contribution in [2.24, 2.45) is 11.1 Å². The predicted molar refractivity (Wildman–Crippen MR) is 80.1 cm³/mol. The third-order valence-electron chi connectivity index (χ3n) is 3.66. The Labute approximate surface area is 116 Å². The lowest BCUT2D eigenvalue weighted by molar-refractivity contribution is -0.138. The van der Waals surface area contributed by atoms with Gasteiger partial charge in [-0.3, -0.25) is 4.79 Å². The second-order valence-electron chi connectivity index (χ2n) is 5.99. The highest BCUT2D eigenvalue weighted by atomic mass is 16.2. The van der Waals surface area contributed by atoms with Gasteiger partial charge in [0.2, 0.25) is 5.91 Å². The first kappa shape index (κ1) is 15.7. The van der Waals surface area contributed by atoms with Crippen LogP contribution in [0.3, 0.4) is 0 Å². The van der Waals surface area contributed by atoms with Gasteiger partial charge in [0, 0.05) is 20.1 Å². The Hall–Kier alpha value is -1.35. The number of benzene rings is 1. The van der Waals surface area contributed by atoms with Gasteiger partial charge in [-0.2, -0.15) is 0 Å². The van der Waals surface area contributed by atoms with E-state index in [1.807, 2.05) is 20.9 Å². The lowest BCUT2D eigenvalue weighted by Gasteiger charge is -2.28. The Morgan fingerprint density at radius 1 is 1.32 bits per heavy atom. The molecule has 3 heteroatoms. The summed E-state index contributed by atoms with van der Waals surface area (Å²) in [6.45, 7) is 9.09. The first-order chi connectivity index (χ1) is 8.77. The van der Waals surface area contributed by atoms with Gasteiger partial charge in [0.25, 0.3) is 0 Å². The third kappa shape index (κ3) is 4.06. The third-order valence-corrected chi connectivity index (χ3v) is 3.66. The molecule has 0 aliphatic heterocycles. The number of aryl methyl sites for hydroxylation is 2. The van der Waals surface area contributed by atoms with Gasteiger partial charge >= 0.3 is 0 Å². The van der Waals surface area contributed by atoms with Crippen molar-refractivity contribution in [3.8, 4) is 0 Å². The van der Waals surface area contributed by atoms with Gasteiger partial charge in [0.05, 0.1) is 5.41 Å². The molecule has 106 valence electrons. The zero-order valence-corrected chi connectivity index (χ0v) is 12.8. The van der Waals surface area contributed by atoms with E-state index in [2.05, 4.69) is 32.0 Å². The van der Waals surface area contributed by atoms with Gasteiger partial charge in [-0.15, -0.1) is 0 Å². The molecule has 0 heterocycles. The van der Waals surface area contributed by atoms with Gasteiger partial charge in [0.15, 0.2) is 0 Å². The SMILES string of the molecule is Cc1ccc(C)c(CCN(C)C(=O)C(C)(C)CN)c1. The molecule has 0 aliphatic carbocycles. The second kappa shape index (κ2) is 6.20. The molecule has 0 aliphatic rings. The maximum Gasteiger partial charge on any atom is 0.229 e. The number of rotatable bonds is 5. The maximum atomic E-state index is 12.2. The molecule has 1 amide bonds. The molecule has 0 atom stereocenters. The molecule has 0 saturated heterocycles. The topological polar surface area (TPSA) is 46.3 Å². The summed E-state index contributed by atoms with van der Waals surface area (Å²) >= 11 is 0. The van der Waals surface area contributed by atoms with Crippen molar-refractivity contribution in [1.82, 2.24) is 4.90 Å².